The van der Waals surface area contributed by atoms with Gasteiger partial charge in [0.05, 0.1) is 5.75 Å². The number of alkyl halides is 1. The fraction of sp³-hybridized carbons (Fsp3) is 1.00. The zero-order chi connectivity index (χ0) is 11.5. The molecule has 90 valence electrons. The Hall–Kier alpha value is 0.200. The summed E-state index contributed by atoms with van der Waals surface area (Å²) in [5.41, 5.74) is 0. The van der Waals surface area contributed by atoms with Crippen molar-refractivity contribution in [3.63, 3.8) is 0 Å². The van der Waals surface area contributed by atoms with E-state index in [2.05, 4.69) is 0 Å². The van der Waals surface area contributed by atoms with E-state index < -0.39 is 10.0 Å². The standard InChI is InChI=1S/C10H20ClNO2S/c1-9(2)8-15(13,14)12-5-3-10(7-11)4-6-12/h9-10H,3-8H2,1-2H3. The molecule has 0 radical (unpaired) electrons. The minimum atomic E-state index is -3.02. The molecule has 5 heteroatoms. The van der Waals surface area contributed by atoms with Crippen molar-refractivity contribution in [2.45, 2.75) is 26.7 Å². The number of hydrogen-bond acceptors (Lipinski definition) is 2. The predicted molar refractivity (Wildman–Crippen MR) is 63.6 cm³/mol. The van der Waals surface area contributed by atoms with E-state index in [1.807, 2.05) is 13.8 Å². The fourth-order valence-corrected chi connectivity index (χ4v) is 4.00. The van der Waals surface area contributed by atoms with E-state index in [0.29, 0.717) is 24.9 Å². The molecular formula is C10H20ClNO2S. The maximum absolute atomic E-state index is 11.9. The van der Waals surface area contributed by atoms with Crippen LogP contribution in [0.4, 0.5) is 0 Å². The first-order valence-electron chi connectivity index (χ1n) is 5.49. The summed E-state index contributed by atoms with van der Waals surface area (Å²) in [5.74, 6) is 1.61. The molecule has 0 amide bonds. The summed E-state index contributed by atoms with van der Waals surface area (Å²) in [7, 11) is -3.02. The van der Waals surface area contributed by atoms with Crippen LogP contribution in [0, 0.1) is 11.8 Å². The van der Waals surface area contributed by atoms with Crippen LogP contribution in [0.5, 0.6) is 0 Å². The van der Waals surface area contributed by atoms with E-state index in [-0.39, 0.29) is 11.7 Å². The molecule has 1 fully saturated rings. The number of piperidine rings is 1. The number of rotatable bonds is 4. The molecule has 0 unspecified atom stereocenters. The lowest BCUT2D eigenvalue weighted by molar-refractivity contribution is 0.289. The van der Waals surface area contributed by atoms with Gasteiger partial charge in [-0.3, -0.25) is 0 Å². The average molecular weight is 254 g/mol. The monoisotopic (exact) mass is 253 g/mol. The summed E-state index contributed by atoms with van der Waals surface area (Å²) in [6, 6.07) is 0. The molecule has 1 aliphatic heterocycles. The van der Waals surface area contributed by atoms with Crippen LogP contribution < -0.4 is 0 Å². The normalized spacial score (nSPS) is 21.1. The molecule has 0 N–H and O–H groups in total. The van der Waals surface area contributed by atoms with Crippen molar-refractivity contribution in [1.29, 1.82) is 0 Å². The Bertz CT molecular complexity index is 282. The Morgan fingerprint density at radius 2 is 1.87 bits per heavy atom. The van der Waals surface area contributed by atoms with Crippen LogP contribution in [0.1, 0.15) is 26.7 Å². The Balaban J connectivity index is 2.52. The highest BCUT2D eigenvalue weighted by atomic mass is 35.5. The van der Waals surface area contributed by atoms with Crippen LogP contribution in [0.25, 0.3) is 0 Å². The minimum Gasteiger partial charge on any atom is -0.212 e. The molecule has 1 heterocycles. The van der Waals surface area contributed by atoms with Gasteiger partial charge < -0.3 is 0 Å². The lowest BCUT2D eigenvalue weighted by Crippen LogP contribution is -2.40. The number of nitrogens with zero attached hydrogens (tertiary/aromatic N) is 1. The van der Waals surface area contributed by atoms with Crippen LogP contribution >= 0.6 is 11.6 Å². The van der Waals surface area contributed by atoms with Gasteiger partial charge in [-0.25, -0.2) is 12.7 Å². The van der Waals surface area contributed by atoms with Crippen LogP contribution in [0.15, 0.2) is 0 Å². The van der Waals surface area contributed by atoms with Crippen molar-refractivity contribution in [1.82, 2.24) is 4.31 Å². The molecule has 0 aromatic heterocycles. The highest BCUT2D eigenvalue weighted by Crippen LogP contribution is 2.21. The van der Waals surface area contributed by atoms with Crippen LogP contribution in [0.3, 0.4) is 0 Å². The van der Waals surface area contributed by atoms with Gasteiger partial charge in [0, 0.05) is 19.0 Å². The van der Waals surface area contributed by atoms with Crippen molar-refractivity contribution in [2.75, 3.05) is 24.7 Å². The van der Waals surface area contributed by atoms with Crippen LogP contribution in [0.2, 0.25) is 0 Å². The van der Waals surface area contributed by atoms with Crippen molar-refractivity contribution < 1.29 is 8.42 Å². The first-order chi connectivity index (χ1) is 6.95. The minimum absolute atomic E-state index is 0.195. The Morgan fingerprint density at radius 3 is 2.27 bits per heavy atom. The van der Waals surface area contributed by atoms with E-state index in [4.69, 9.17) is 11.6 Å². The number of halogens is 1. The van der Waals surface area contributed by atoms with Crippen molar-refractivity contribution in [2.24, 2.45) is 11.8 Å². The summed E-state index contributed by atoms with van der Waals surface area (Å²) in [6.45, 7) is 5.16. The van der Waals surface area contributed by atoms with E-state index in [9.17, 15) is 8.42 Å². The largest absolute Gasteiger partial charge is 0.214 e. The third-order valence-electron chi connectivity index (χ3n) is 2.73. The summed E-state index contributed by atoms with van der Waals surface area (Å²) in [5, 5.41) is 0. The molecule has 0 atom stereocenters. The van der Waals surface area contributed by atoms with E-state index >= 15 is 0 Å². The SMILES string of the molecule is CC(C)CS(=O)(=O)N1CCC(CCl)CC1. The quantitative estimate of drug-likeness (QED) is 0.718. The van der Waals surface area contributed by atoms with E-state index in [1.165, 1.54) is 0 Å². The molecule has 0 aliphatic carbocycles. The molecule has 1 aliphatic rings. The molecule has 1 rings (SSSR count). The van der Waals surface area contributed by atoms with Gasteiger partial charge >= 0.3 is 0 Å². The number of sulfonamides is 1. The lowest BCUT2D eigenvalue weighted by Gasteiger charge is -2.30. The van der Waals surface area contributed by atoms with Crippen LogP contribution in [-0.4, -0.2) is 37.4 Å². The van der Waals surface area contributed by atoms with Crippen molar-refractivity contribution in [3.05, 3.63) is 0 Å². The second kappa shape index (κ2) is 5.51. The highest BCUT2D eigenvalue weighted by molar-refractivity contribution is 7.89. The molecule has 0 bridgehead atoms. The Labute approximate surface area is 97.8 Å². The van der Waals surface area contributed by atoms with Crippen molar-refractivity contribution >= 4 is 21.6 Å². The van der Waals surface area contributed by atoms with Gasteiger partial charge in [-0.05, 0) is 24.7 Å². The first kappa shape index (κ1) is 13.3. The van der Waals surface area contributed by atoms with Gasteiger partial charge in [-0.2, -0.15) is 0 Å². The third kappa shape index (κ3) is 3.93. The second-order valence-corrected chi connectivity index (χ2v) is 6.99. The molecular weight excluding hydrogens is 234 g/mol. The molecule has 0 spiro atoms. The van der Waals surface area contributed by atoms with Gasteiger partial charge in [0.15, 0.2) is 0 Å². The van der Waals surface area contributed by atoms with Crippen molar-refractivity contribution in [3.8, 4) is 0 Å². The summed E-state index contributed by atoms with van der Waals surface area (Å²) in [4.78, 5) is 0. The molecule has 15 heavy (non-hydrogen) atoms. The van der Waals surface area contributed by atoms with Gasteiger partial charge in [-0.15, -0.1) is 11.6 Å². The average Bonchev–Trinajstić information content (AvgIpc) is 2.16. The van der Waals surface area contributed by atoms with E-state index in [1.54, 1.807) is 4.31 Å². The zero-order valence-electron chi connectivity index (χ0n) is 9.45. The topological polar surface area (TPSA) is 37.4 Å². The maximum atomic E-state index is 11.9. The Morgan fingerprint density at radius 1 is 1.33 bits per heavy atom. The molecule has 1 saturated heterocycles. The number of hydrogen-bond donors (Lipinski definition) is 0. The summed E-state index contributed by atoms with van der Waals surface area (Å²) >= 11 is 5.76. The highest BCUT2D eigenvalue weighted by Gasteiger charge is 2.27. The molecule has 0 saturated carbocycles. The summed E-state index contributed by atoms with van der Waals surface area (Å²) < 4.78 is 25.4. The second-order valence-electron chi connectivity index (χ2n) is 4.67. The maximum Gasteiger partial charge on any atom is 0.214 e. The zero-order valence-corrected chi connectivity index (χ0v) is 11.0. The molecule has 0 aromatic rings. The van der Waals surface area contributed by atoms with Gasteiger partial charge in [0.2, 0.25) is 10.0 Å². The molecule has 3 nitrogen and oxygen atoms in total. The predicted octanol–water partition coefficient (Wildman–Crippen LogP) is 1.92. The van der Waals surface area contributed by atoms with Gasteiger partial charge in [-0.1, -0.05) is 13.8 Å². The lowest BCUT2D eigenvalue weighted by atomic mass is 10.0. The van der Waals surface area contributed by atoms with Crippen LogP contribution in [-0.2, 0) is 10.0 Å². The summed E-state index contributed by atoms with van der Waals surface area (Å²) in [6.07, 6.45) is 1.81. The van der Waals surface area contributed by atoms with Gasteiger partial charge in [0.1, 0.15) is 0 Å². The fourth-order valence-electron chi connectivity index (χ4n) is 1.87. The Kier molecular flexibility index (Phi) is 4.87. The third-order valence-corrected chi connectivity index (χ3v) is 5.41. The van der Waals surface area contributed by atoms with E-state index in [0.717, 1.165) is 12.8 Å². The smallest absolute Gasteiger partial charge is 0.212 e. The molecule has 0 aromatic carbocycles. The first-order valence-corrected chi connectivity index (χ1v) is 7.64. The van der Waals surface area contributed by atoms with Gasteiger partial charge in [0.25, 0.3) is 0 Å².